The number of ether oxygens (including phenoxy) is 1. The van der Waals surface area contributed by atoms with Gasteiger partial charge < -0.3 is 4.74 Å². The van der Waals surface area contributed by atoms with Crippen LogP contribution < -0.4 is 4.72 Å². The first-order valence-corrected chi connectivity index (χ1v) is 8.62. The molecule has 0 bridgehead atoms. The van der Waals surface area contributed by atoms with Gasteiger partial charge in [-0.1, -0.05) is 42.5 Å². The van der Waals surface area contributed by atoms with Crippen LogP contribution >= 0.6 is 0 Å². The Morgan fingerprint density at radius 2 is 1.86 bits per heavy atom. The number of benzene rings is 2. The van der Waals surface area contributed by atoms with Gasteiger partial charge in [0, 0.05) is 13.2 Å². The van der Waals surface area contributed by atoms with E-state index in [0.717, 1.165) is 5.56 Å². The maximum Gasteiger partial charge on any atom is 0.214 e. The van der Waals surface area contributed by atoms with Gasteiger partial charge in [-0.3, -0.25) is 0 Å². The second-order valence-corrected chi connectivity index (χ2v) is 7.09. The predicted molar refractivity (Wildman–Crippen MR) is 85.9 cm³/mol. The van der Waals surface area contributed by atoms with Gasteiger partial charge in [0.05, 0.1) is 12.4 Å². The number of sulfonamides is 1. The third-order valence-corrected chi connectivity index (χ3v) is 4.76. The Bertz CT molecular complexity index is 697. The first-order chi connectivity index (χ1) is 10.00. The molecule has 1 N–H and O–H groups in total. The largest absolute Gasteiger partial charge is 0.384 e. The standard InChI is InChI=1S/C16H21NO3S/c1-13(17-21(18,19)10-9-20-2)11-14-7-8-15-5-3-4-6-16(15)12-14/h3-8,12-13,17H,9-11H2,1-2H3. The lowest BCUT2D eigenvalue weighted by Gasteiger charge is -2.14. The second-order valence-electron chi connectivity index (χ2n) is 5.22. The van der Waals surface area contributed by atoms with Crippen molar-refractivity contribution >= 4 is 20.8 Å². The fourth-order valence-electron chi connectivity index (χ4n) is 2.32. The van der Waals surface area contributed by atoms with Crippen molar-refractivity contribution in [3.63, 3.8) is 0 Å². The molecule has 21 heavy (non-hydrogen) atoms. The van der Waals surface area contributed by atoms with Crippen LogP contribution in [0.5, 0.6) is 0 Å². The van der Waals surface area contributed by atoms with Crippen molar-refractivity contribution in [2.75, 3.05) is 19.5 Å². The van der Waals surface area contributed by atoms with Crippen molar-refractivity contribution in [1.82, 2.24) is 4.72 Å². The third-order valence-electron chi connectivity index (χ3n) is 3.29. The zero-order valence-electron chi connectivity index (χ0n) is 12.4. The van der Waals surface area contributed by atoms with Gasteiger partial charge >= 0.3 is 0 Å². The summed E-state index contributed by atoms with van der Waals surface area (Å²) in [7, 11) is -1.79. The van der Waals surface area contributed by atoms with Crippen molar-refractivity contribution in [2.24, 2.45) is 0 Å². The molecule has 0 aromatic heterocycles. The fourth-order valence-corrected chi connectivity index (χ4v) is 3.52. The van der Waals surface area contributed by atoms with E-state index in [2.05, 4.69) is 29.0 Å². The van der Waals surface area contributed by atoms with E-state index in [1.165, 1.54) is 17.9 Å². The summed E-state index contributed by atoms with van der Waals surface area (Å²) in [5, 5.41) is 2.36. The van der Waals surface area contributed by atoms with E-state index < -0.39 is 10.0 Å². The summed E-state index contributed by atoms with van der Waals surface area (Å²) in [5.74, 6) is -0.00837. The van der Waals surface area contributed by atoms with Crippen LogP contribution in [0.4, 0.5) is 0 Å². The van der Waals surface area contributed by atoms with Crippen LogP contribution in [0.15, 0.2) is 42.5 Å². The van der Waals surface area contributed by atoms with Crippen molar-refractivity contribution in [1.29, 1.82) is 0 Å². The van der Waals surface area contributed by atoms with E-state index >= 15 is 0 Å². The van der Waals surface area contributed by atoms with E-state index in [-0.39, 0.29) is 18.4 Å². The summed E-state index contributed by atoms with van der Waals surface area (Å²) in [5.41, 5.74) is 1.12. The topological polar surface area (TPSA) is 55.4 Å². The summed E-state index contributed by atoms with van der Waals surface area (Å²) in [6, 6.07) is 14.2. The molecule has 1 atom stereocenters. The average Bonchev–Trinajstić information content (AvgIpc) is 2.44. The number of hydrogen-bond donors (Lipinski definition) is 1. The molecule has 0 aliphatic carbocycles. The van der Waals surface area contributed by atoms with Gasteiger partial charge in [0.15, 0.2) is 0 Å². The molecule has 2 aromatic carbocycles. The van der Waals surface area contributed by atoms with Gasteiger partial charge in [-0.05, 0) is 29.7 Å². The van der Waals surface area contributed by atoms with E-state index in [4.69, 9.17) is 4.74 Å². The predicted octanol–water partition coefficient (Wildman–Crippen LogP) is 2.34. The van der Waals surface area contributed by atoms with E-state index in [0.29, 0.717) is 6.42 Å². The molecular weight excluding hydrogens is 286 g/mol. The van der Waals surface area contributed by atoms with Crippen LogP contribution in [0.2, 0.25) is 0 Å². The minimum Gasteiger partial charge on any atom is -0.384 e. The summed E-state index contributed by atoms with van der Waals surface area (Å²) in [6.07, 6.45) is 0.664. The summed E-state index contributed by atoms with van der Waals surface area (Å²) in [6.45, 7) is 2.08. The SMILES string of the molecule is COCCS(=O)(=O)NC(C)Cc1ccc2ccccc2c1. The van der Waals surface area contributed by atoms with Crippen LogP contribution in [-0.4, -0.2) is 33.9 Å². The molecule has 4 nitrogen and oxygen atoms in total. The van der Waals surface area contributed by atoms with Crippen molar-refractivity contribution in [3.05, 3.63) is 48.0 Å². The highest BCUT2D eigenvalue weighted by atomic mass is 32.2. The van der Waals surface area contributed by atoms with Gasteiger partial charge in [-0.2, -0.15) is 0 Å². The highest BCUT2D eigenvalue weighted by molar-refractivity contribution is 7.89. The van der Waals surface area contributed by atoms with Crippen LogP contribution in [-0.2, 0) is 21.2 Å². The molecule has 1 unspecified atom stereocenters. The van der Waals surface area contributed by atoms with Crippen LogP contribution in [0.1, 0.15) is 12.5 Å². The number of hydrogen-bond acceptors (Lipinski definition) is 3. The molecule has 0 aliphatic rings. The minimum atomic E-state index is -3.28. The van der Waals surface area contributed by atoms with Crippen LogP contribution in [0.3, 0.4) is 0 Å². The summed E-state index contributed by atoms with van der Waals surface area (Å²) >= 11 is 0. The van der Waals surface area contributed by atoms with E-state index in [1.54, 1.807) is 0 Å². The third kappa shape index (κ3) is 4.81. The number of nitrogens with one attached hydrogen (secondary N) is 1. The molecule has 2 rings (SSSR count). The summed E-state index contributed by atoms with van der Waals surface area (Å²) in [4.78, 5) is 0. The maximum atomic E-state index is 11.8. The summed E-state index contributed by atoms with van der Waals surface area (Å²) < 4.78 is 31.1. The Balaban J connectivity index is 2.02. The number of rotatable bonds is 7. The average molecular weight is 307 g/mol. The zero-order chi connectivity index (χ0) is 15.3. The van der Waals surface area contributed by atoms with Gasteiger partial charge in [0.25, 0.3) is 0 Å². The van der Waals surface area contributed by atoms with Gasteiger partial charge in [0.2, 0.25) is 10.0 Å². The van der Waals surface area contributed by atoms with Gasteiger partial charge in [-0.25, -0.2) is 13.1 Å². The first kappa shape index (κ1) is 15.9. The van der Waals surface area contributed by atoms with Crippen LogP contribution in [0, 0.1) is 0 Å². The van der Waals surface area contributed by atoms with E-state index in [9.17, 15) is 8.42 Å². The van der Waals surface area contributed by atoms with Crippen LogP contribution in [0.25, 0.3) is 10.8 Å². The van der Waals surface area contributed by atoms with E-state index in [1.807, 2.05) is 25.1 Å². The normalized spacial score (nSPS) is 13.4. The fraction of sp³-hybridized carbons (Fsp3) is 0.375. The highest BCUT2D eigenvalue weighted by Gasteiger charge is 2.14. The lowest BCUT2D eigenvalue weighted by atomic mass is 10.0. The molecule has 0 amide bonds. The minimum absolute atomic E-state index is 0.00837. The van der Waals surface area contributed by atoms with Crippen molar-refractivity contribution < 1.29 is 13.2 Å². The van der Waals surface area contributed by atoms with Gasteiger partial charge in [-0.15, -0.1) is 0 Å². The molecule has 0 heterocycles. The Morgan fingerprint density at radius 3 is 2.57 bits per heavy atom. The molecule has 0 fully saturated rings. The molecular formula is C16H21NO3S. The van der Waals surface area contributed by atoms with Crippen molar-refractivity contribution in [2.45, 2.75) is 19.4 Å². The molecule has 0 radical (unpaired) electrons. The Hall–Kier alpha value is -1.43. The molecule has 0 spiro atoms. The quantitative estimate of drug-likeness (QED) is 0.854. The number of methoxy groups -OCH3 is 1. The molecule has 2 aromatic rings. The highest BCUT2D eigenvalue weighted by Crippen LogP contribution is 2.16. The van der Waals surface area contributed by atoms with Crippen molar-refractivity contribution in [3.8, 4) is 0 Å². The Labute approximate surface area is 126 Å². The lowest BCUT2D eigenvalue weighted by molar-refractivity contribution is 0.216. The number of fused-ring (bicyclic) bond motifs is 1. The molecule has 0 aliphatic heterocycles. The smallest absolute Gasteiger partial charge is 0.214 e. The molecule has 0 saturated carbocycles. The Morgan fingerprint density at radius 1 is 1.14 bits per heavy atom. The lowest BCUT2D eigenvalue weighted by Crippen LogP contribution is -2.36. The monoisotopic (exact) mass is 307 g/mol. The second kappa shape index (κ2) is 7.02. The first-order valence-electron chi connectivity index (χ1n) is 6.97. The molecule has 5 heteroatoms. The maximum absolute atomic E-state index is 11.8. The molecule has 0 saturated heterocycles. The Kier molecular flexibility index (Phi) is 5.33. The zero-order valence-corrected chi connectivity index (χ0v) is 13.2. The molecule has 114 valence electrons. The van der Waals surface area contributed by atoms with Gasteiger partial charge in [0.1, 0.15) is 0 Å².